The van der Waals surface area contributed by atoms with E-state index in [0.717, 1.165) is 12.1 Å². The maximum Gasteiger partial charge on any atom is 0.416 e. The summed E-state index contributed by atoms with van der Waals surface area (Å²) in [6.07, 6.45) is -3.18. The van der Waals surface area contributed by atoms with Crippen molar-refractivity contribution in [1.29, 1.82) is 0 Å². The first-order chi connectivity index (χ1) is 14.6. The highest BCUT2D eigenvalue weighted by Gasteiger charge is 2.31. The predicted molar refractivity (Wildman–Crippen MR) is 113 cm³/mol. The van der Waals surface area contributed by atoms with Gasteiger partial charge >= 0.3 is 6.18 Å². The fourth-order valence-electron chi connectivity index (χ4n) is 2.54. The standard InChI is InChI=1S/C19H15F4N5OS2/c1-10(13-6-11(19(21,22)23)2-4-14(13)20)26-18(30)27-12-3-5-16(24-7-12)28-17(29)15-8-31-9-25-15/h2-10H,1H3,(H,24,28,29)(H2,26,27,30). The normalized spacial score (nSPS) is 12.2. The van der Waals surface area contributed by atoms with Crippen molar-refractivity contribution in [3.8, 4) is 0 Å². The molecule has 0 saturated heterocycles. The molecule has 0 fully saturated rings. The highest BCUT2D eigenvalue weighted by Crippen LogP contribution is 2.31. The Bertz CT molecular complexity index is 1070. The summed E-state index contributed by atoms with van der Waals surface area (Å²) < 4.78 is 52.7. The molecule has 1 aromatic carbocycles. The van der Waals surface area contributed by atoms with Gasteiger partial charge in [-0.2, -0.15) is 13.2 Å². The van der Waals surface area contributed by atoms with Gasteiger partial charge in [0.2, 0.25) is 0 Å². The number of nitrogens with one attached hydrogen (secondary N) is 3. The van der Waals surface area contributed by atoms with Crippen LogP contribution in [-0.4, -0.2) is 21.0 Å². The quantitative estimate of drug-likeness (QED) is 0.361. The Morgan fingerprint density at radius 3 is 2.55 bits per heavy atom. The highest BCUT2D eigenvalue weighted by atomic mass is 32.1. The molecule has 2 heterocycles. The van der Waals surface area contributed by atoms with E-state index in [-0.39, 0.29) is 16.4 Å². The van der Waals surface area contributed by atoms with Crippen molar-refractivity contribution >= 4 is 46.1 Å². The van der Waals surface area contributed by atoms with Crippen LogP contribution in [0.25, 0.3) is 0 Å². The van der Waals surface area contributed by atoms with Crippen molar-refractivity contribution in [2.75, 3.05) is 10.6 Å². The zero-order valence-electron chi connectivity index (χ0n) is 15.8. The smallest absolute Gasteiger partial charge is 0.356 e. The van der Waals surface area contributed by atoms with Gasteiger partial charge in [-0.1, -0.05) is 0 Å². The Morgan fingerprint density at radius 2 is 1.94 bits per heavy atom. The molecule has 0 bridgehead atoms. The summed E-state index contributed by atoms with van der Waals surface area (Å²) in [5.74, 6) is -0.886. The van der Waals surface area contributed by atoms with Crippen molar-refractivity contribution in [3.63, 3.8) is 0 Å². The molecule has 0 saturated carbocycles. The molecule has 31 heavy (non-hydrogen) atoms. The number of aromatic nitrogens is 2. The molecular weight excluding hydrogens is 454 g/mol. The van der Waals surface area contributed by atoms with Crippen LogP contribution >= 0.6 is 23.6 Å². The summed E-state index contributed by atoms with van der Waals surface area (Å²) in [5.41, 5.74) is 1.15. The first-order valence-corrected chi connectivity index (χ1v) is 10.1. The van der Waals surface area contributed by atoms with Gasteiger partial charge in [-0.15, -0.1) is 11.3 Å². The summed E-state index contributed by atoms with van der Waals surface area (Å²) in [6.45, 7) is 1.49. The van der Waals surface area contributed by atoms with Gasteiger partial charge in [0.1, 0.15) is 17.3 Å². The molecule has 12 heteroatoms. The Kier molecular flexibility index (Phi) is 6.81. The molecule has 3 rings (SSSR count). The van der Waals surface area contributed by atoms with E-state index in [0.29, 0.717) is 17.6 Å². The molecule has 0 aliphatic carbocycles. The zero-order valence-corrected chi connectivity index (χ0v) is 17.5. The van der Waals surface area contributed by atoms with Gasteiger partial charge < -0.3 is 16.0 Å². The van der Waals surface area contributed by atoms with Gasteiger partial charge in [0, 0.05) is 10.9 Å². The Balaban J connectivity index is 1.60. The second-order valence-electron chi connectivity index (χ2n) is 6.31. The molecule has 0 radical (unpaired) electrons. The number of halogens is 4. The zero-order chi connectivity index (χ0) is 22.6. The fraction of sp³-hybridized carbons (Fsp3) is 0.158. The molecular formula is C19H15F4N5OS2. The van der Waals surface area contributed by atoms with Gasteiger partial charge in [-0.25, -0.2) is 14.4 Å². The predicted octanol–water partition coefficient (Wildman–Crippen LogP) is 5.00. The summed E-state index contributed by atoms with van der Waals surface area (Å²) in [4.78, 5) is 19.9. The van der Waals surface area contributed by atoms with Crippen LogP contribution in [0.5, 0.6) is 0 Å². The van der Waals surface area contributed by atoms with Gasteiger partial charge in [0.05, 0.1) is 29.0 Å². The molecule has 0 aliphatic rings. The fourth-order valence-corrected chi connectivity index (χ4v) is 3.37. The van der Waals surface area contributed by atoms with E-state index < -0.39 is 29.5 Å². The van der Waals surface area contributed by atoms with E-state index in [1.165, 1.54) is 36.0 Å². The van der Waals surface area contributed by atoms with Crippen molar-refractivity contribution in [1.82, 2.24) is 15.3 Å². The SMILES string of the molecule is CC(NC(=S)Nc1ccc(NC(=O)c2cscn2)nc1)c1cc(C(F)(F)F)ccc1F. The van der Waals surface area contributed by atoms with Crippen LogP contribution in [0, 0.1) is 5.82 Å². The largest absolute Gasteiger partial charge is 0.416 e. The van der Waals surface area contributed by atoms with Crippen LogP contribution in [0.4, 0.5) is 29.1 Å². The second-order valence-corrected chi connectivity index (χ2v) is 7.44. The van der Waals surface area contributed by atoms with Gasteiger partial charge in [-0.05, 0) is 49.5 Å². The highest BCUT2D eigenvalue weighted by molar-refractivity contribution is 7.80. The number of hydrogen-bond acceptors (Lipinski definition) is 5. The number of hydrogen-bond donors (Lipinski definition) is 3. The number of amides is 1. The van der Waals surface area contributed by atoms with Crippen LogP contribution in [0.15, 0.2) is 47.4 Å². The van der Waals surface area contributed by atoms with E-state index in [2.05, 4.69) is 25.9 Å². The van der Waals surface area contributed by atoms with Crippen molar-refractivity contribution in [2.24, 2.45) is 0 Å². The Labute approximate surface area is 183 Å². The van der Waals surface area contributed by atoms with E-state index in [9.17, 15) is 22.4 Å². The molecule has 1 amide bonds. The number of thiocarbonyl (C=S) groups is 1. The van der Waals surface area contributed by atoms with Crippen molar-refractivity contribution < 1.29 is 22.4 Å². The Hall–Kier alpha value is -3.12. The number of benzene rings is 1. The van der Waals surface area contributed by atoms with Gasteiger partial charge in [-0.3, -0.25) is 4.79 Å². The third kappa shape index (κ3) is 5.95. The number of carbonyl (C=O) groups is 1. The summed E-state index contributed by atoms with van der Waals surface area (Å²) >= 11 is 6.44. The second kappa shape index (κ2) is 9.35. The number of anilines is 2. The van der Waals surface area contributed by atoms with E-state index in [1.807, 2.05) is 0 Å². The monoisotopic (exact) mass is 469 g/mol. The first kappa shape index (κ1) is 22.6. The number of nitrogens with zero attached hydrogens (tertiary/aromatic N) is 2. The maximum absolute atomic E-state index is 14.0. The molecule has 3 N–H and O–H groups in total. The average molecular weight is 469 g/mol. The minimum absolute atomic E-state index is 0.0605. The molecule has 0 aliphatic heterocycles. The van der Waals surface area contributed by atoms with Gasteiger partial charge in [0.25, 0.3) is 5.91 Å². The first-order valence-electron chi connectivity index (χ1n) is 8.73. The summed E-state index contributed by atoms with van der Waals surface area (Å²) in [5, 5.41) is 9.79. The van der Waals surface area contributed by atoms with E-state index in [4.69, 9.17) is 12.2 Å². The lowest BCUT2D eigenvalue weighted by molar-refractivity contribution is -0.137. The molecule has 1 atom stereocenters. The van der Waals surface area contributed by atoms with Crippen LogP contribution < -0.4 is 16.0 Å². The summed E-state index contributed by atoms with van der Waals surface area (Å²) in [7, 11) is 0. The maximum atomic E-state index is 14.0. The molecule has 2 aromatic heterocycles. The van der Waals surface area contributed by atoms with E-state index >= 15 is 0 Å². The van der Waals surface area contributed by atoms with E-state index in [1.54, 1.807) is 11.4 Å². The molecule has 162 valence electrons. The van der Waals surface area contributed by atoms with Crippen LogP contribution in [0.2, 0.25) is 0 Å². The third-order valence-electron chi connectivity index (χ3n) is 4.07. The Morgan fingerprint density at radius 1 is 1.16 bits per heavy atom. The third-order valence-corrected chi connectivity index (χ3v) is 4.87. The topological polar surface area (TPSA) is 78.9 Å². The van der Waals surface area contributed by atoms with Crippen molar-refractivity contribution in [3.05, 3.63) is 70.1 Å². The lowest BCUT2D eigenvalue weighted by Crippen LogP contribution is -2.31. The van der Waals surface area contributed by atoms with Crippen LogP contribution in [0.1, 0.15) is 34.6 Å². The number of carbonyl (C=O) groups excluding carboxylic acids is 1. The number of thiazole rings is 1. The number of alkyl halides is 3. The lowest BCUT2D eigenvalue weighted by atomic mass is 10.0. The van der Waals surface area contributed by atoms with Crippen molar-refractivity contribution in [2.45, 2.75) is 19.1 Å². The van der Waals surface area contributed by atoms with Crippen LogP contribution in [-0.2, 0) is 6.18 Å². The van der Waals surface area contributed by atoms with Gasteiger partial charge in [0.15, 0.2) is 5.11 Å². The lowest BCUT2D eigenvalue weighted by Gasteiger charge is -2.19. The number of pyridine rings is 1. The average Bonchev–Trinajstić information content (AvgIpc) is 3.24. The minimum Gasteiger partial charge on any atom is -0.356 e. The summed E-state index contributed by atoms with van der Waals surface area (Å²) in [6, 6.07) is 4.50. The number of rotatable bonds is 5. The molecule has 6 nitrogen and oxygen atoms in total. The molecule has 3 aromatic rings. The minimum atomic E-state index is -4.58. The molecule has 0 spiro atoms. The van der Waals surface area contributed by atoms with Crippen LogP contribution in [0.3, 0.4) is 0 Å². The molecule has 1 unspecified atom stereocenters.